The molecule has 1 amide bonds. The first-order chi connectivity index (χ1) is 13.9. The lowest BCUT2D eigenvalue weighted by Gasteiger charge is -2.31. The van der Waals surface area contributed by atoms with Gasteiger partial charge in [0.2, 0.25) is 5.88 Å². The van der Waals surface area contributed by atoms with Crippen molar-refractivity contribution < 1.29 is 9.53 Å². The van der Waals surface area contributed by atoms with Crippen LogP contribution >= 0.6 is 0 Å². The lowest BCUT2D eigenvalue weighted by molar-refractivity contribution is 0.0659. The summed E-state index contributed by atoms with van der Waals surface area (Å²) in [7, 11) is 0. The number of pyridine rings is 1. The number of carbonyl (C=O) groups is 1. The Kier molecular flexibility index (Phi) is 5.22. The number of rotatable bonds is 4. The average molecular weight is 393 g/mol. The Hall–Kier alpha value is -2.96. The third kappa shape index (κ3) is 4.39. The summed E-state index contributed by atoms with van der Waals surface area (Å²) in [6.07, 6.45) is 7.13. The molecule has 7 heteroatoms. The first-order valence-corrected chi connectivity index (χ1v) is 10.1. The van der Waals surface area contributed by atoms with E-state index in [0.29, 0.717) is 24.0 Å². The minimum absolute atomic E-state index is 0.0175. The number of hydrogen-bond acceptors (Lipinski definition) is 5. The van der Waals surface area contributed by atoms with Crippen LogP contribution in [0.25, 0.3) is 5.65 Å². The molecule has 0 aromatic carbocycles. The smallest absolute Gasteiger partial charge is 0.253 e. The highest BCUT2D eigenvalue weighted by Crippen LogP contribution is 2.23. The van der Waals surface area contributed by atoms with Crippen molar-refractivity contribution in [3.05, 3.63) is 54.1 Å². The third-order valence-electron chi connectivity index (χ3n) is 5.36. The predicted octanol–water partition coefficient (Wildman–Crippen LogP) is 3.35. The van der Waals surface area contributed by atoms with Crippen molar-refractivity contribution in [2.45, 2.75) is 39.0 Å². The third-order valence-corrected chi connectivity index (χ3v) is 5.36. The first-order valence-electron chi connectivity index (χ1n) is 10.1. The van der Waals surface area contributed by atoms with Gasteiger partial charge in [-0.15, -0.1) is 5.10 Å². The Morgan fingerprint density at radius 2 is 1.86 bits per heavy atom. The van der Waals surface area contributed by atoms with Gasteiger partial charge in [0.15, 0.2) is 5.65 Å². The van der Waals surface area contributed by atoms with E-state index in [1.807, 2.05) is 23.2 Å². The van der Waals surface area contributed by atoms with Crippen molar-refractivity contribution in [2.24, 2.45) is 5.92 Å². The molecule has 0 atom stereocenters. The summed E-state index contributed by atoms with van der Waals surface area (Å²) in [6, 6.07) is 7.34. The maximum absolute atomic E-state index is 12.5. The molecule has 0 N–H and O–H groups in total. The number of likely N-dealkylation sites (tertiary alicyclic amines) is 1. The Morgan fingerprint density at radius 1 is 1.14 bits per heavy atom. The molecule has 0 aliphatic carbocycles. The maximum Gasteiger partial charge on any atom is 0.253 e. The summed E-state index contributed by atoms with van der Waals surface area (Å²) in [5, 5.41) is 4.54. The minimum atomic E-state index is -0.0175. The molecule has 7 nitrogen and oxygen atoms in total. The van der Waals surface area contributed by atoms with Crippen molar-refractivity contribution in [2.75, 3.05) is 19.7 Å². The predicted molar refractivity (Wildman–Crippen MR) is 110 cm³/mol. The topological polar surface area (TPSA) is 72.6 Å². The number of aromatic nitrogens is 4. The average Bonchev–Trinajstić information content (AvgIpc) is 3.17. The van der Waals surface area contributed by atoms with Gasteiger partial charge in [0.1, 0.15) is 0 Å². The number of hydrogen-bond donors (Lipinski definition) is 0. The zero-order chi connectivity index (χ0) is 20.4. The van der Waals surface area contributed by atoms with Crippen LogP contribution in [0.3, 0.4) is 0 Å². The summed E-state index contributed by atoms with van der Waals surface area (Å²) in [5.41, 5.74) is 2.51. The maximum atomic E-state index is 12.5. The largest absolute Gasteiger partial charge is 0.476 e. The molecule has 29 heavy (non-hydrogen) atoms. The van der Waals surface area contributed by atoms with Gasteiger partial charge in [-0.25, -0.2) is 9.50 Å². The molecule has 4 heterocycles. The fraction of sp³-hybridized carbons (Fsp3) is 0.455. The second-order valence-corrected chi connectivity index (χ2v) is 8.63. The number of piperidine rings is 1. The molecule has 3 aromatic heterocycles. The fourth-order valence-electron chi connectivity index (χ4n) is 3.49. The fourth-order valence-corrected chi connectivity index (χ4v) is 3.49. The number of imidazole rings is 1. The van der Waals surface area contributed by atoms with Gasteiger partial charge in [0.25, 0.3) is 5.91 Å². The Morgan fingerprint density at radius 3 is 2.55 bits per heavy atom. The molecule has 1 aliphatic heterocycles. The monoisotopic (exact) mass is 393 g/mol. The number of nitrogens with zero attached hydrogens (tertiary/aromatic N) is 5. The van der Waals surface area contributed by atoms with E-state index >= 15 is 0 Å². The molecule has 1 aliphatic rings. The van der Waals surface area contributed by atoms with E-state index in [9.17, 15) is 4.79 Å². The molecular formula is C22H27N5O2. The van der Waals surface area contributed by atoms with Crippen LogP contribution in [0.2, 0.25) is 0 Å². The van der Waals surface area contributed by atoms with E-state index < -0.39 is 0 Å². The highest BCUT2D eigenvalue weighted by atomic mass is 16.5. The van der Waals surface area contributed by atoms with E-state index in [4.69, 9.17) is 4.74 Å². The number of fused-ring (bicyclic) bond motifs is 1. The normalized spacial score (nSPS) is 15.6. The van der Waals surface area contributed by atoms with Gasteiger partial charge in [-0.05, 0) is 37.0 Å². The van der Waals surface area contributed by atoms with Crippen molar-refractivity contribution in [3.8, 4) is 5.88 Å². The molecule has 3 aromatic rings. The van der Waals surface area contributed by atoms with E-state index in [-0.39, 0.29) is 11.3 Å². The van der Waals surface area contributed by atoms with E-state index in [1.165, 1.54) is 0 Å². The van der Waals surface area contributed by atoms with Crippen LogP contribution in [-0.4, -0.2) is 50.1 Å². The second kappa shape index (κ2) is 7.81. The van der Waals surface area contributed by atoms with Crippen molar-refractivity contribution in [1.82, 2.24) is 24.5 Å². The summed E-state index contributed by atoms with van der Waals surface area (Å²) < 4.78 is 7.74. The van der Waals surface area contributed by atoms with Crippen LogP contribution in [0.4, 0.5) is 0 Å². The van der Waals surface area contributed by atoms with Crippen molar-refractivity contribution in [3.63, 3.8) is 0 Å². The molecule has 1 fully saturated rings. The van der Waals surface area contributed by atoms with Gasteiger partial charge >= 0.3 is 0 Å². The molecule has 0 radical (unpaired) electrons. The highest BCUT2D eigenvalue weighted by molar-refractivity contribution is 5.94. The molecule has 0 bridgehead atoms. The first kappa shape index (κ1) is 19.4. The minimum Gasteiger partial charge on any atom is -0.476 e. The zero-order valence-electron chi connectivity index (χ0n) is 17.2. The molecule has 152 valence electrons. The molecule has 0 spiro atoms. The van der Waals surface area contributed by atoms with Gasteiger partial charge in [-0.3, -0.25) is 9.78 Å². The van der Waals surface area contributed by atoms with Crippen molar-refractivity contribution >= 4 is 11.6 Å². The second-order valence-electron chi connectivity index (χ2n) is 8.63. The van der Waals surface area contributed by atoms with Gasteiger partial charge in [-0.2, -0.15) is 0 Å². The lowest BCUT2D eigenvalue weighted by Crippen LogP contribution is -2.39. The molecule has 4 rings (SSSR count). The molecule has 0 saturated carbocycles. The van der Waals surface area contributed by atoms with Crippen LogP contribution < -0.4 is 4.74 Å². The number of carbonyl (C=O) groups excluding carboxylic acids is 1. The van der Waals surface area contributed by atoms with Crippen LogP contribution in [-0.2, 0) is 5.41 Å². The summed E-state index contributed by atoms with van der Waals surface area (Å²) in [5.74, 6) is 1.10. The SMILES string of the molecule is CC(C)(C)c1cn2nc(OCC3CCN(C(=O)c4ccncc4)CC3)ccc2n1. The highest BCUT2D eigenvalue weighted by Gasteiger charge is 2.24. The van der Waals surface area contributed by atoms with Gasteiger partial charge in [0, 0.05) is 42.5 Å². The van der Waals surface area contributed by atoms with Crippen molar-refractivity contribution in [1.29, 1.82) is 0 Å². The Labute approximate surface area is 170 Å². The van der Waals surface area contributed by atoms with Crippen LogP contribution in [0.15, 0.2) is 42.9 Å². The van der Waals surface area contributed by atoms with Crippen LogP contribution in [0.1, 0.15) is 49.7 Å². The van der Waals surface area contributed by atoms with E-state index in [2.05, 4.69) is 35.8 Å². The van der Waals surface area contributed by atoms with Gasteiger partial charge in [0.05, 0.1) is 18.5 Å². The van der Waals surface area contributed by atoms with Gasteiger partial charge in [-0.1, -0.05) is 20.8 Å². The summed E-state index contributed by atoms with van der Waals surface area (Å²) in [6.45, 7) is 8.51. The molecule has 0 unspecified atom stereocenters. The van der Waals surface area contributed by atoms with E-state index in [1.54, 1.807) is 29.0 Å². The number of amides is 1. The standard InChI is InChI=1S/C22H27N5O2/c1-22(2,3)18-14-27-19(24-18)4-5-20(25-27)29-15-16-8-12-26(13-9-16)21(28)17-6-10-23-11-7-17/h4-7,10-11,14,16H,8-9,12-13,15H2,1-3H3. The van der Waals surface area contributed by atoms with Gasteiger partial charge < -0.3 is 9.64 Å². The Bertz CT molecular complexity index is 985. The molecular weight excluding hydrogens is 366 g/mol. The van der Waals surface area contributed by atoms with Crippen LogP contribution in [0.5, 0.6) is 5.88 Å². The molecule has 1 saturated heterocycles. The summed E-state index contributed by atoms with van der Waals surface area (Å²) in [4.78, 5) is 23.0. The quantitative estimate of drug-likeness (QED) is 0.680. The zero-order valence-corrected chi connectivity index (χ0v) is 17.2. The van der Waals surface area contributed by atoms with Crippen LogP contribution in [0, 0.1) is 5.92 Å². The lowest BCUT2D eigenvalue weighted by atomic mass is 9.93. The van der Waals surface area contributed by atoms with E-state index in [0.717, 1.165) is 37.3 Å². The Balaban J connectivity index is 1.32. The summed E-state index contributed by atoms with van der Waals surface area (Å²) >= 11 is 0. The number of ether oxygens (including phenoxy) is 1.